The maximum absolute atomic E-state index is 5.92. The molecule has 0 saturated carbocycles. The number of fused-ring (bicyclic) bond motifs is 1. The van der Waals surface area contributed by atoms with Crippen LogP contribution in [-0.2, 0) is 11.5 Å². The van der Waals surface area contributed by atoms with Crippen molar-refractivity contribution in [2.75, 3.05) is 12.3 Å². The summed E-state index contributed by atoms with van der Waals surface area (Å²) in [5, 5.41) is 1.04. The van der Waals surface area contributed by atoms with Crippen LogP contribution in [0.2, 0.25) is 25.7 Å². The first kappa shape index (κ1) is 14.1. The van der Waals surface area contributed by atoms with Gasteiger partial charge in [0.25, 0.3) is 0 Å². The van der Waals surface area contributed by atoms with Crippen molar-refractivity contribution in [2.24, 2.45) is 0 Å². The van der Waals surface area contributed by atoms with E-state index >= 15 is 0 Å². The molecule has 2 rings (SSSR count). The van der Waals surface area contributed by atoms with Crippen molar-refractivity contribution in [2.45, 2.75) is 39.3 Å². The number of ether oxygens (including phenoxy) is 1. The average molecular weight is 277 g/mol. The summed E-state index contributed by atoms with van der Waals surface area (Å²) in [6.07, 6.45) is 3.83. The van der Waals surface area contributed by atoms with Gasteiger partial charge in [-0.05, 0) is 24.6 Å². The molecule has 19 heavy (non-hydrogen) atoms. The highest BCUT2D eigenvalue weighted by Gasteiger charge is 2.13. The van der Waals surface area contributed by atoms with Crippen LogP contribution >= 0.6 is 0 Å². The van der Waals surface area contributed by atoms with Crippen LogP contribution in [0, 0.1) is 6.92 Å². The highest BCUT2D eigenvalue weighted by Crippen LogP contribution is 2.24. The Balaban J connectivity index is 2.08. The van der Waals surface area contributed by atoms with Crippen LogP contribution in [0.4, 0.5) is 5.82 Å². The third-order valence-corrected chi connectivity index (χ3v) is 4.94. The Morgan fingerprint density at radius 2 is 2.11 bits per heavy atom. The van der Waals surface area contributed by atoms with Gasteiger partial charge in [-0.3, -0.25) is 0 Å². The van der Waals surface area contributed by atoms with Crippen LogP contribution in [0.25, 0.3) is 10.9 Å². The molecule has 0 aliphatic heterocycles. The fourth-order valence-corrected chi connectivity index (χ4v) is 2.88. The molecule has 0 aliphatic rings. The fourth-order valence-electron chi connectivity index (χ4n) is 2.13. The first-order valence-electron chi connectivity index (χ1n) is 6.66. The Morgan fingerprint density at radius 1 is 1.37 bits per heavy atom. The summed E-state index contributed by atoms with van der Waals surface area (Å²) in [6.45, 7) is 10.5. The Bertz CT molecular complexity index is 572. The Labute approximate surface area is 115 Å². The fraction of sp³-hybridized carbons (Fsp3) is 0.500. The molecule has 0 amide bonds. The minimum Gasteiger partial charge on any atom is -0.383 e. The van der Waals surface area contributed by atoms with Gasteiger partial charge in [-0.25, -0.2) is 4.98 Å². The van der Waals surface area contributed by atoms with E-state index in [9.17, 15) is 0 Å². The second-order valence-corrected chi connectivity index (χ2v) is 11.8. The van der Waals surface area contributed by atoms with Gasteiger partial charge in [0.1, 0.15) is 12.5 Å². The normalized spacial score (nSPS) is 12.2. The van der Waals surface area contributed by atoms with Crippen molar-refractivity contribution in [1.82, 2.24) is 9.55 Å². The predicted molar refractivity (Wildman–Crippen MR) is 83.0 cm³/mol. The average Bonchev–Trinajstić information content (AvgIpc) is 2.62. The number of rotatable bonds is 5. The predicted octanol–water partition coefficient (Wildman–Crippen LogP) is 3.24. The van der Waals surface area contributed by atoms with Gasteiger partial charge in [-0.1, -0.05) is 19.6 Å². The SMILES string of the molecule is Cc1cn(COCC[Si](C)(C)C)c2ccnc(N)c12. The van der Waals surface area contributed by atoms with Gasteiger partial charge in [0, 0.05) is 32.5 Å². The number of nitrogens with zero attached hydrogens (tertiary/aromatic N) is 2. The minimum absolute atomic E-state index is 0.582. The molecule has 104 valence electrons. The van der Waals surface area contributed by atoms with Crippen molar-refractivity contribution >= 4 is 24.8 Å². The summed E-state index contributed by atoms with van der Waals surface area (Å²) in [7, 11) is -1.02. The zero-order valence-electron chi connectivity index (χ0n) is 12.2. The molecule has 4 nitrogen and oxygen atoms in total. The number of anilines is 1. The lowest BCUT2D eigenvalue weighted by Crippen LogP contribution is -2.21. The molecule has 0 bridgehead atoms. The molecule has 2 aromatic rings. The Kier molecular flexibility index (Phi) is 3.96. The van der Waals surface area contributed by atoms with Crippen molar-refractivity contribution in [3.63, 3.8) is 0 Å². The highest BCUT2D eigenvalue weighted by atomic mass is 28.3. The Hall–Kier alpha value is -1.33. The first-order valence-corrected chi connectivity index (χ1v) is 10.4. The minimum atomic E-state index is -1.02. The lowest BCUT2D eigenvalue weighted by molar-refractivity contribution is 0.0902. The molecule has 5 heteroatoms. The second kappa shape index (κ2) is 5.34. The van der Waals surface area contributed by atoms with E-state index in [1.54, 1.807) is 6.20 Å². The molecule has 2 aromatic heterocycles. The molecule has 0 saturated heterocycles. The topological polar surface area (TPSA) is 53.1 Å². The number of nitrogen functional groups attached to an aromatic ring is 1. The van der Waals surface area contributed by atoms with Gasteiger partial charge < -0.3 is 15.0 Å². The quantitative estimate of drug-likeness (QED) is 0.674. The molecule has 2 N–H and O–H groups in total. The van der Waals surface area contributed by atoms with Crippen LogP contribution in [-0.4, -0.2) is 24.2 Å². The molecular formula is C14H23N3OSi. The Morgan fingerprint density at radius 3 is 2.79 bits per heavy atom. The van der Waals surface area contributed by atoms with E-state index in [0.717, 1.165) is 23.1 Å². The van der Waals surface area contributed by atoms with Crippen molar-refractivity contribution in [1.29, 1.82) is 0 Å². The van der Waals surface area contributed by atoms with E-state index in [-0.39, 0.29) is 0 Å². The van der Waals surface area contributed by atoms with E-state index in [0.29, 0.717) is 12.5 Å². The van der Waals surface area contributed by atoms with Crippen LogP contribution in [0.3, 0.4) is 0 Å². The largest absolute Gasteiger partial charge is 0.383 e. The molecule has 0 spiro atoms. The van der Waals surface area contributed by atoms with E-state index in [2.05, 4.69) is 42.3 Å². The zero-order chi connectivity index (χ0) is 14.0. The summed E-state index contributed by atoms with van der Waals surface area (Å²) in [4.78, 5) is 4.14. The summed E-state index contributed by atoms with van der Waals surface area (Å²) in [5.74, 6) is 0.593. The van der Waals surface area contributed by atoms with E-state index < -0.39 is 8.07 Å². The maximum atomic E-state index is 5.92. The standard InChI is InChI=1S/C14H23N3OSi/c1-11-9-17(10-18-7-8-19(2,3)4)12-5-6-16-14(15)13(11)12/h5-6,9H,7-8,10H2,1-4H3,(H2,15,16). The van der Waals surface area contributed by atoms with Crippen LogP contribution in [0.15, 0.2) is 18.5 Å². The van der Waals surface area contributed by atoms with Crippen molar-refractivity contribution in [3.8, 4) is 0 Å². The van der Waals surface area contributed by atoms with Gasteiger partial charge >= 0.3 is 0 Å². The van der Waals surface area contributed by atoms with Crippen LogP contribution < -0.4 is 5.73 Å². The number of nitrogens with two attached hydrogens (primary N) is 1. The first-order chi connectivity index (χ1) is 8.88. The smallest absolute Gasteiger partial charge is 0.133 e. The number of hydrogen-bond donors (Lipinski definition) is 1. The molecule has 0 radical (unpaired) electrons. The highest BCUT2D eigenvalue weighted by molar-refractivity contribution is 6.76. The summed E-state index contributed by atoms with van der Waals surface area (Å²) < 4.78 is 7.90. The van der Waals surface area contributed by atoms with E-state index in [1.807, 2.05) is 6.07 Å². The van der Waals surface area contributed by atoms with Crippen LogP contribution in [0.5, 0.6) is 0 Å². The van der Waals surface area contributed by atoms with Gasteiger partial charge in [0.05, 0.1) is 5.52 Å². The van der Waals surface area contributed by atoms with Gasteiger partial charge in [-0.15, -0.1) is 0 Å². The molecule has 0 aromatic carbocycles. The molecular weight excluding hydrogens is 254 g/mol. The number of pyridine rings is 1. The van der Waals surface area contributed by atoms with Crippen LogP contribution in [0.1, 0.15) is 5.56 Å². The van der Waals surface area contributed by atoms with Gasteiger partial charge in [0.15, 0.2) is 0 Å². The third-order valence-electron chi connectivity index (χ3n) is 3.24. The van der Waals surface area contributed by atoms with E-state index in [4.69, 9.17) is 10.5 Å². The summed E-state index contributed by atoms with van der Waals surface area (Å²) in [6, 6.07) is 3.18. The van der Waals surface area contributed by atoms with Gasteiger partial charge in [0.2, 0.25) is 0 Å². The molecule has 0 atom stereocenters. The number of aromatic nitrogens is 2. The number of hydrogen-bond acceptors (Lipinski definition) is 3. The zero-order valence-corrected chi connectivity index (χ0v) is 13.2. The summed E-state index contributed by atoms with van der Waals surface area (Å²) in [5.41, 5.74) is 8.17. The molecule has 0 aliphatic carbocycles. The lowest BCUT2D eigenvalue weighted by atomic mass is 10.2. The lowest BCUT2D eigenvalue weighted by Gasteiger charge is -2.15. The molecule has 0 fully saturated rings. The number of aryl methyl sites for hydroxylation is 1. The maximum Gasteiger partial charge on any atom is 0.133 e. The van der Waals surface area contributed by atoms with E-state index in [1.165, 1.54) is 6.04 Å². The van der Waals surface area contributed by atoms with Crippen molar-refractivity contribution < 1.29 is 4.74 Å². The third kappa shape index (κ3) is 3.36. The monoisotopic (exact) mass is 277 g/mol. The molecule has 2 heterocycles. The van der Waals surface area contributed by atoms with Gasteiger partial charge in [-0.2, -0.15) is 0 Å². The second-order valence-electron chi connectivity index (χ2n) is 6.22. The van der Waals surface area contributed by atoms with Crippen molar-refractivity contribution in [3.05, 3.63) is 24.0 Å². The summed E-state index contributed by atoms with van der Waals surface area (Å²) >= 11 is 0. The molecule has 0 unspecified atom stereocenters.